The van der Waals surface area contributed by atoms with Gasteiger partial charge in [0.25, 0.3) is 0 Å². The van der Waals surface area contributed by atoms with Crippen molar-refractivity contribution in [1.82, 2.24) is 20.5 Å². The van der Waals surface area contributed by atoms with E-state index in [0.717, 1.165) is 37.7 Å². The predicted molar refractivity (Wildman–Crippen MR) is 120 cm³/mol. The molecule has 5 nitrogen and oxygen atoms in total. The Labute approximate surface area is 174 Å². The lowest BCUT2D eigenvalue weighted by molar-refractivity contribution is 0.242. The number of aliphatic imine (C=N–C) groups is 1. The van der Waals surface area contributed by atoms with Crippen LogP contribution in [0.15, 0.2) is 4.99 Å². The molecule has 1 aromatic rings. The van der Waals surface area contributed by atoms with Gasteiger partial charge in [-0.15, -0.1) is 35.3 Å². The van der Waals surface area contributed by atoms with Crippen molar-refractivity contribution in [3.8, 4) is 0 Å². The Balaban J connectivity index is 0.00000312. The number of halogens is 1. The minimum Gasteiger partial charge on any atom is -0.357 e. The van der Waals surface area contributed by atoms with Gasteiger partial charge in [0, 0.05) is 30.4 Å². The fourth-order valence-corrected chi connectivity index (χ4v) is 4.02. The second-order valence-electron chi connectivity index (χ2n) is 6.45. The molecule has 1 unspecified atom stereocenters. The van der Waals surface area contributed by atoms with Gasteiger partial charge in [-0.1, -0.05) is 6.92 Å². The smallest absolute Gasteiger partial charge is 0.191 e. The zero-order chi connectivity index (χ0) is 17.4. The number of hydrogen-bond donors (Lipinski definition) is 2. The summed E-state index contributed by atoms with van der Waals surface area (Å²) in [6, 6.07) is 0.576. The van der Waals surface area contributed by atoms with E-state index in [2.05, 4.69) is 48.2 Å². The minimum absolute atomic E-state index is 0. The summed E-state index contributed by atoms with van der Waals surface area (Å²) >= 11 is 1.80. The highest BCUT2D eigenvalue weighted by Crippen LogP contribution is 2.16. The summed E-state index contributed by atoms with van der Waals surface area (Å²) in [6.45, 7) is 13.7. The van der Waals surface area contributed by atoms with Crippen molar-refractivity contribution < 1.29 is 0 Å². The minimum atomic E-state index is 0. The van der Waals surface area contributed by atoms with Gasteiger partial charge >= 0.3 is 0 Å². The molecule has 1 saturated heterocycles. The third-order valence-electron chi connectivity index (χ3n) is 4.64. The molecule has 2 rings (SSSR count). The second kappa shape index (κ2) is 12.1. The number of guanidine groups is 1. The highest BCUT2D eigenvalue weighted by Gasteiger charge is 2.20. The normalized spacial score (nSPS) is 16.6. The van der Waals surface area contributed by atoms with Crippen molar-refractivity contribution in [2.45, 2.75) is 59.4 Å². The van der Waals surface area contributed by atoms with E-state index in [1.54, 1.807) is 11.3 Å². The van der Waals surface area contributed by atoms with Crippen molar-refractivity contribution in [2.24, 2.45) is 4.99 Å². The summed E-state index contributed by atoms with van der Waals surface area (Å²) in [7, 11) is 0. The predicted octanol–water partition coefficient (Wildman–Crippen LogP) is 3.35. The van der Waals surface area contributed by atoms with E-state index in [1.165, 1.54) is 42.2 Å². The van der Waals surface area contributed by atoms with Gasteiger partial charge in [0.1, 0.15) is 0 Å². The number of thiazole rings is 1. The van der Waals surface area contributed by atoms with Crippen molar-refractivity contribution >= 4 is 41.3 Å². The summed E-state index contributed by atoms with van der Waals surface area (Å²) in [5.41, 5.74) is 1.16. The van der Waals surface area contributed by atoms with Crippen LogP contribution in [0, 0.1) is 13.8 Å². The maximum atomic E-state index is 4.82. The van der Waals surface area contributed by atoms with Crippen LogP contribution in [0.2, 0.25) is 0 Å². The van der Waals surface area contributed by atoms with Crippen LogP contribution in [0.4, 0.5) is 0 Å². The molecule has 25 heavy (non-hydrogen) atoms. The van der Waals surface area contributed by atoms with E-state index in [0.29, 0.717) is 6.04 Å². The van der Waals surface area contributed by atoms with E-state index in [1.807, 2.05) is 0 Å². The summed E-state index contributed by atoms with van der Waals surface area (Å²) in [6.07, 6.45) is 4.80. The van der Waals surface area contributed by atoms with Crippen LogP contribution in [-0.4, -0.2) is 54.6 Å². The summed E-state index contributed by atoms with van der Waals surface area (Å²) in [5, 5.41) is 8.02. The molecular weight excluding hydrogens is 445 g/mol. The molecular formula is C18H34IN5S. The standard InChI is InChI=1S/C18H33N5S.HI/c1-5-16(23-11-7-8-12-23)13-21-18(19-6-2)20-10-9-17-22-14(3)15(4)24-17;/h16H,5-13H2,1-4H3,(H2,19,20,21);1H. The molecule has 7 heteroatoms. The number of nitrogens with zero attached hydrogens (tertiary/aromatic N) is 3. The molecule has 0 spiro atoms. The van der Waals surface area contributed by atoms with E-state index in [-0.39, 0.29) is 24.0 Å². The SMILES string of the molecule is CCNC(=NCC(CC)N1CCCC1)NCCc1nc(C)c(C)s1.I. The summed E-state index contributed by atoms with van der Waals surface area (Å²) < 4.78 is 0. The van der Waals surface area contributed by atoms with Crippen molar-refractivity contribution in [3.63, 3.8) is 0 Å². The molecule has 0 amide bonds. The van der Waals surface area contributed by atoms with E-state index < -0.39 is 0 Å². The number of aromatic nitrogens is 1. The maximum absolute atomic E-state index is 4.82. The van der Waals surface area contributed by atoms with Crippen LogP contribution in [-0.2, 0) is 6.42 Å². The number of aryl methyl sites for hydroxylation is 2. The van der Waals surface area contributed by atoms with Gasteiger partial charge in [0.2, 0.25) is 0 Å². The van der Waals surface area contributed by atoms with Crippen molar-refractivity contribution in [2.75, 3.05) is 32.7 Å². The topological polar surface area (TPSA) is 52.6 Å². The molecule has 144 valence electrons. The lowest BCUT2D eigenvalue weighted by atomic mass is 10.2. The van der Waals surface area contributed by atoms with Crippen LogP contribution in [0.5, 0.6) is 0 Å². The largest absolute Gasteiger partial charge is 0.357 e. The van der Waals surface area contributed by atoms with E-state index in [4.69, 9.17) is 4.99 Å². The molecule has 0 aromatic carbocycles. The van der Waals surface area contributed by atoms with E-state index in [9.17, 15) is 0 Å². The Morgan fingerprint density at radius 1 is 1.24 bits per heavy atom. The monoisotopic (exact) mass is 479 g/mol. The van der Waals surface area contributed by atoms with Crippen molar-refractivity contribution in [1.29, 1.82) is 0 Å². The molecule has 1 aromatic heterocycles. The first kappa shape index (κ1) is 22.6. The van der Waals surface area contributed by atoms with Crippen LogP contribution in [0.1, 0.15) is 48.7 Å². The Morgan fingerprint density at radius 3 is 2.52 bits per heavy atom. The number of nitrogens with one attached hydrogen (secondary N) is 2. The third-order valence-corrected chi connectivity index (χ3v) is 5.77. The maximum Gasteiger partial charge on any atom is 0.191 e. The molecule has 1 fully saturated rings. The zero-order valence-electron chi connectivity index (χ0n) is 16.1. The zero-order valence-corrected chi connectivity index (χ0v) is 19.2. The van der Waals surface area contributed by atoms with Gasteiger partial charge in [-0.2, -0.15) is 0 Å². The van der Waals surface area contributed by atoms with Crippen LogP contribution < -0.4 is 10.6 Å². The first-order valence-corrected chi connectivity index (χ1v) is 10.1. The Kier molecular flexibility index (Phi) is 10.9. The average molecular weight is 479 g/mol. The Bertz CT molecular complexity index is 506. The first-order chi connectivity index (χ1) is 11.6. The lowest BCUT2D eigenvalue weighted by Gasteiger charge is -2.25. The van der Waals surface area contributed by atoms with Gasteiger partial charge < -0.3 is 10.6 Å². The van der Waals surface area contributed by atoms with Gasteiger partial charge in [-0.05, 0) is 53.1 Å². The van der Waals surface area contributed by atoms with Gasteiger partial charge in [0.05, 0.1) is 17.2 Å². The van der Waals surface area contributed by atoms with Gasteiger partial charge in [-0.3, -0.25) is 9.89 Å². The molecule has 2 N–H and O–H groups in total. The third kappa shape index (κ3) is 7.38. The number of rotatable bonds is 8. The molecule has 1 aliphatic heterocycles. The molecule has 0 bridgehead atoms. The van der Waals surface area contributed by atoms with Crippen LogP contribution >= 0.6 is 35.3 Å². The number of likely N-dealkylation sites (tertiary alicyclic amines) is 1. The molecule has 1 atom stereocenters. The Hall–Kier alpha value is -0.410. The highest BCUT2D eigenvalue weighted by molar-refractivity contribution is 14.0. The summed E-state index contributed by atoms with van der Waals surface area (Å²) in [4.78, 5) is 13.3. The van der Waals surface area contributed by atoms with Gasteiger partial charge in [-0.25, -0.2) is 4.98 Å². The van der Waals surface area contributed by atoms with Crippen LogP contribution in [0.3, 0.4) is 0 Å². The Morgan fingerprint density at radius 2 is 1.96 bits per heavy atom. The van der Waals surface area contributed by atoms with Crippen LogP contribution in [0.25, 0.3) is 0 Å². The van der Waals surface area contributed by atoms with Gasteiger partial charge in [0.15, 0.2) is 5.96 Å². The molecule has 0 aliphatic carbocycles. The molecule has 0 saturated carbocycles. The van der Waals surface area contributed by atoms with Crippen molar-refractivity contribution in [3.05, 3.63) is 15.6 Å². The molecule has 2 heterocycles. The first-order valence-electron chi connectivity index (χ1n) is 9.33. The number of hydrogen-bond acceptors (Lipinski definition) is 4. The lowest BCUT2D eigenvalue weighted by Crippen LogP contribution is -2.40. The molecule has 0 radical (unpaired) electrons. The summed E-state index contributed by atoms with van der Waals surface area (Å²) in [5.74, 6) is 0.931. The fraction of sp³-hybridized carbons (Fsp3) is 0.778. The fourth-order valence-electron chi connectivity index (χ4n) is 3.08. The highest BCUT2D eigenvalue weighted by atomic mass is 127. The quantitative estimate of drug-likeness (QED) is 0.341. The van der Waals surface area contributed by atoms with E-state index >= 15 is 0 Å². The second-order valence-corrected chi connectivity index (χ2v) is 7.74. The molecule has 1 aliphatic rings. The average Bonchev–Trinajstić information content (AvgIpc) is 3.19.